The molecule has 0 aliphatic carbocycles. The van der Waals surface area contributed by atoms with Crippen molar-refractivity contribution in [2.24, 2.45) is 0 Å². The molecule has 16 heteroatoms. The van der Waals surface area contributed by atoms with Gasteiger partial charge in [-0.15, -0.1) is 0 Å². The third kappa shape index (κ3) is 9.37. The van der Waals surface area contributed by atoms with Crippen LogP contribution in [0.4, 0.5) is 0 Å². The number of benzene rings is 4. The number of methoxy groups -OCH3 is 2. The summed E-state index contributed by atoms with van der Waals surface area (Å²) in [7, 11) is -9.49. The molecule has 0 aliphatic heterocycles. The highest BCUT2D eigenvalue weighted by Gasteiger charge is 2.27. The van der Waals surface area contributed by atoms with Crippen molar-refractivity contribution in [3.8, 4) is 56.8 Å². The van der Waals surface area contributed by atoms with Crippen molar-refractivity contribution in [3.05, 3.63) is 84.4 Å². The third-order valence-electron chi connectivity index (χ3n) is 6.20. The van der Waals surface area contributed by atoms with Crippen LogP contribution in [0.1, 0.15) is 10.4 Å². The zero-order valence-corrected chi connectivity index (χ0v) is 28.2. The maximum atomic E-state index is 12.6. The Morgan fingerprint density at radius 2 is 1.19 bits per heavy atom. The van der Waals surface area contributed by atoms with Crippen molar-refractivity contribution in [1.82, 2.24) is 0 Å². The summed E-state index contributed by atoms with van der Waals surface area (Å²) in [5, 5.41) is 0. The summed E-state index contributed by atoms with van der Waals surface area (Å²) in [6.07, 6.45) is 2.55. The molecule has 0 amide bonds. The van der Waals surface area contributed by atoms with Crippen molar-refractivity contribution in [3.63, 3.8) is 0 Å². The number of carbonyl (C=O) groups excluding carboxylic acids is 1. The standard InChI is InChI=1S/C31H30O13S3/c1-39-28-18-24(20-11-14-23(15-12-20)42-45(3,33)34)30(40-2)31(44-47(5,37)38)29(28)22-13-16-26(27(17-22)43-46(4,35)36)41-19-25(32)21-9-7-6-8-10-21/h6-18H,19H2,1-5H3. The SMILES string of the molecule is COc1cc(-c2ccc(OS(C)(=O)=O)cc2)c(OC)c(OS(C)(=O)=O)c1-c1ccc(OCC(=O)c2ccccc2)c(OS(C)(=O)=O)c1. The molecule has 0 saturated heterocycles. The van der Waals surface area contributed by atoms with Gasteiger partial charge in [0.25, 0.3) is 0 Å². The number of Topliss-reactive ketones (excluding diaryl/α,β-unsaturated/α-hetero) is 1. The molecule has 250 valence electrons. The van der Waals surface area contributed by atoms with Crippen LogP contribution in [0.15, 0.2) is 78.9 Å². The molecule has 0 radical (unpaired) electrons. The molecule has 0 aliphatic rings. The molecule has 0 saturated carbocycles. The fourth-order valence-electron chi connectivity index (χ4n) is 4.43. The summed E-state index contributed by atoms with van der Waals surface area (Å²) in [6.45, 7) is -0.439. The van der Waals surface area contributed by atoms with Crippen LogP contribution in [-0.4, -0.2) is 70.6 Å². The number of ketones is 1. The number of hydrogen-bond donors (Lipinski definition) is 0. The second-order valence-electron chi connectivity index (χ2n) is 9.99. The first-order valence-corrected chi connectivity index (χ1v) is 18.9. The minimum absolute atomic E-state index is 0.0394. The predicted octanol–water partition coefficient (Wildman–Crippen LogP) is 4.31. The Kier molecular flexibility index (Phi) is 10.4. The quantitative estimate of drug-likeness (QED) is 0.134. The average molecular weight is 707 g/mol. The summed E-state index contributed by atoms with van der Waals surface area (Å²) in [5.41, 5.74) is 1.33. The molecule has 0 aromatic heterocycles. The summed E-state index contributed by atoms with van der Waals surface area (Å²) in [5.74, 6) is -1.01. The van der Waals surface area contributed by atoms with Gasteiger partial charge in [0.05, 0.1) is 38.6 Å². The number of carbonyl (C=O) groups is 1. The molecular weight excluding hydrogens is 677 g/mol. The minimum atomic E-state index is -4.19. The summed E-state index contributed by atoms with van der Waals surface area (Å²) in [4.78, 5) is 12.6. The molecule has 0 N–H and O–H groups in total. The van der Waals surface area contributed by atoms with E-state index in [-0.39, 0.29) is 51.4 Å². The van der Waals surface area contributed by atoms with Gasteiger partial charge in [-0.1, -0.05) is 48.5 Å². The van der Waals surface area contributed by atoms with Crippen LogP contribution in [0, 0.1) is 0 Å². The van der Waals surface area contributed by atoms with Gasteiger partial charge < -0.3 is 26.8 Å². The van der Waals surface area contributed by atoms with Crippen molar-refractivity contribution in [1.29, 1.82) is 0 Å². The van der Waals surface area contributed by atoms with Gasteiger partial charge in [0.2, 0.25) is 0 Å². The summed E-state index contributed by atoms with van der Waals surface area (Å²) in [6, 6.07) is 19.7. The lowest BCUT2D eigenvalue weighted by Crippen LogP contribution is -2.13. The van der Waals surface area contributed by atoms with Crippen LogP contribution in [0.3, 0.4) is 0 Å². The van der Waals surface area contributed by atoms with Crippen LogP contribution < -0.4 is 26.8 Å². The Labute approximate surface area is 273 Å². The highest BCUT2D eigenvalue weighted by Crippen LogP contribution is 2.51. The van der Waals surface area contributed by atoms with Crippen LogP contribution in [0.5, 0.6) is 34.5 Å². The minimum Gasteiger partial charge on any atom is -0.496 e. The van der Waals surface area contributed by atoms with E-state index in [0.29, 0.717) is 16.7 Å². The average Bonchev–Trinajstić information content (AvgIpc) is 2.98. The molecule has 0 unspecified atom stereocenters. The maximum Gasteiger partial charge on any atom is 0.306 e. The highest BCUT2D eigenvalue weighted by molar-refractivity contribution is 7.86. The van der Waals surface area contributed by atoms with Crippen LogP contribution >= 0.6 is 0 Å². The Bertz CT molecular complexity index is 2110. The molecule has 47 heavy (non-hydrogen) atoms. The lowest BCUT2D eigenvalue weighted by molar-refractivity contribution is 0.0920. The molecule has 0 spiro atoms. The number of rotatable bonds is 14. The van der Waals surface area contributed by atoms with Crippen LogP contribution in [0.25, 0.3) is 22.3 Å². The Morgan fingerprint density at radius 1 is 0.596 bits per heavy atom. The van der Waals surface area contributed by atoms with Gasteiger partial charge in [0.15, 0.2) is 35.4 Å². The zero-order chi connectivity index (χ0) is 34.6. The lowest BCUT2D eigenvalue weighted by Gasteiger charge is -2.21. The molecule has 0 atom stereocenters. The monoisotopic (exact) mass is 706 g/mol. The number of ether oxygens (including phenoxy) is 3. The largest absolute Gasteiger partial charge is 0.496 e. The first-order chi connectivity index (χ1) is 22.0. The van der Waals surface area contributed by atoms with Gasteiger partial charge in [0, 0.05) is 11.1 Å². The van der Waals surface area contributed by atoms with Crippen molar-refractivity contribution >= 4 is 36.1 Å². The van der Waals surface area contributed by atoms with Crippen LogP contribution in [0.2, 0.25) is 0 Å². The first-order valence-electron chi connectivity index (χ1n) is 13.4. The Hall–Kier alpha value is -4.80. The fourth-order valence-corrected chi connectivity index (χ4v) is 5.80. The van der Waals surface area contributed by atoms with Gasteiger partial charge in [0.1, 0.15) is 11.5 Å². The highest BCUT2D eigenvalue weighted by atomic mass is 32.2. The third-order valence-corrected chi connectivity index (χ3v) is 7.65. The van der Waals surface area contributed by atoms with Crippen LogP contribution in [-0.2, 0) is 30.4 Å². The van der Waals surface area contributed by atoms with Gasteiger partial charge >= 0.3 is 30.4 Å². The fraction of sp³-hybridized carbons (Fsp3) is 0.194. The smallest absolute Gasteiger partial charge is 0.306 e. The van der Waals surface area contributed by atoms with E-state index in [1.165, 1.54) is 62.8 Å². The van der Waals surface area contributed by atoms with Gasteiger partial charge in [-0.05, 0) is 41.5 Å². The van der Waals surface area contributed by atoms with E-state index in [2.05, 4.69) is 0 Å². The Balaban J connectivity index is 1.88. The molecule has 0 heterocycles. The first kappa shape index (κ1) is 35.1. The summed E-state index contributed by atoms with van der Waals surface area (Å²) < 4.78 is 105. The molecule has 0 fully saturated rings. The van der Waals surface area contributed by atoms with E-state index in [4.69, 9.17) is 26.8 Å². The van der Waals surface area contributed by atoms with Gasteiger partial charge in [-0.3, -0.25) is 4.79 Å². The molecule has 4 rings (SSSR count). The Morgan fingerprint density at radius 3 is 1.74 bits per heavy atom. The lowest BCUT2D eigenvalue weighted by atomic mass is 9.96. The van der Waals surface area contributed by atoms with Crippen molar-refractivity contribution in [2.75, 3.05) is 39.6 Å². The molecule has 4 aromatic rings. The topological polar surface area (TPSA) is 175 Å². The van der Waals surface area contributed by atoms with E-state index in [1.807, 2.05) is 0 Å². The van der Waals surface area contributed by atoms with E-state index in [1.54, 1.807) is 30.3 Å². The second-order valence-corrected chi connectivity index (χ2v) is 14.7. The van der Waals surface area contributed by atoms with Gasteiger partial charge in [-0.25, -0.2) is 0 Å². The molecule has 4 aromatic carbocycles. The molecule has 0 bridgehead atoms. The molecule has 13 nitrogen and oxygen atoms in total. The van der Waals surface area contributed by atoms with Gasteiger partial charge in [-0.2, -0.15) is 25.3 Å². The summed E-state index contributed by atoms with van der Waals surface area (Å²) >= 11 is 0. The van der Waals surface area contributed by atoms with E-state index < -0.39 is 37.0 Å². The predicted molar refractivity (Wildman–Crippen MR) is 173 cm³/mol. The van der Waals surface area contributed by atoms with Crippen molar-refractivity contribution < 1.29 is 56.8 Å². The second kappa shape index (κ2) is 13.9. The normalized spacial score (nSPS) is 11.8. The van der Waals surface area contributed by atoms with E-state index in [0.717, 1.165) is 18.8 Å². The van der Waals surface area contributed by atoms with Crippen molar-refractivity contribution in [2.45, 2.75) is 0 Å². The molecular formula is C31H30O13S3. The number of hydrogen-bond acceptors (Lipinski definition) is 13. The maximum absolute atomic E-state index is 12.6. The van der Waals surface area contributed by atoms with E-state index >= 15 is 0 Å². The zero-order valence-electron chi connectivity index (χ0n) is 25.7. The van der Waals surface area contributed by atoms with E-state index in [9.17, 15) is 30.0 Å².